The minimum Gasteiger partial charge on any atom is -0.458 e. The van der Waals surface area contributed by atoms with Crippen molar-refractivity contribution in [2.75, 3.05) is 6.61 Å². The Balaban J connectivity index is 2.97. The average Bonchev–Trinajstić information content (AvgIpc) is 1.61. The summed E-state index contributed by atoms with van der Waals surface area (Å²) in [7, 11) is 0. The lowest BCUT2D eigenvalue weighted by molar-refractivity contribution is -0.133. The van der Waals surface area contributed by atoms with E-state index < -0.39 is 5.24 Å². The van der Waals surface area contributed by atoms with Crippen LogP contribution in [-0.2, 0) is 14.3 Å². The van der Waals surface area contributed by atoms with E-state index in [0.717, 1.165) is 0 Å². The molecule has 0 spiro atoms. The van der Waals surface area contributed by atoms with Crippen molar-refractivity contribution >= 4 is 23.3 Å². The maximum absolute atomic E-state index is 9.68. The summed E-state index contributed by atoms with van der Waals surface area (Å²) in [5, 5.41) is -0.674. The van der Waals surface area contributed by atoms with E-state index in [9.17, 15) is 9.59 Å². The van der Waals surface area contributed by atoms with E-state index in [1.54, 1.807) is 0 Å². The molecule has 0 aromatic carbocycles. The number of hydrogen-bond acceptors (Lipinski definition) is 3. The van der Waals surface area contributed by atoms with E-state index in [-0.39, 0.29) is 13.1 Å². The van der Waals surface area contributed by atoms with Crippen LogP contribution in [-0.4, -0.2) is 18.3 Å². The lowest BCUT2D eigenvalue weighted by atomic mass is 10.8. The highest BCUT2D eigenvalue weighted by atomic mass is 35.5. The molecule has 0 radical (unpaired) electrons. The molecule has 0 aliphatic heterocycles. The first-order chi connectivity index (χ1) is 3.27. The number of ether oxygens (including phenoxy) is 1. The zero-order valence-corrected chi connectivity index (χ0v) is 4.14. The van der Waals surface area contributed by atoms with Crippen LogP contribution in [0, 0.1) is 0 Å². The van der Waals surface area contributed by atoms with Crippen molar-refractivity contribution < 1.29 is 14.3 Å². The van der Waals surface area contributed by atoms with Crippen molar-refractivity contribution in [3.63, 3.8) is 0 Å². The van der Waals surface area contributed by atoms with Crippen LogP contribution in [0.4, 0.5) is 0 Å². The van der Waals surface area contributed by atoms with Gasteiger partial charge < -0.3 is 4.74 Å². The number of carbonyl (C=O) groups is 2. The van der Waals surface area contributed by atoms with Crippen LogP contribution < -0.4 is 0 Å². The Morgan fingerprint density at radius 3 is 2.57 bits per heavy atom. The van der Waals surface area contributed by atoms with Gasteiger partial charge in [-0.3, -0.25) is 9.59 Å². The summed E-state index contributed by atoms with van der Waals surface area (Å²) in [6.45, 7) is -0.175. The van der Waals surface area contributed by atoms with Gasteiger partial charge in [0.2, 0.25) is 0 Å². The van der Waals surface area contributed by atoms with E-state index in [2.05, 4.69) is 4.74 Å². The summed E-state index contributed by atoms with van der Waals surface area (Å²) in [5.41, 5.74) is 0. The van der Waals surface area contributed by atoms with E-state index in [0.29, 0.717) is 0 Å². The molecule has 0 bridgehead atoms. The summed E-state index contributed by atoms with van der Waals surface area (Å²) in [6.07, 6.45) is 0. The second-order valence-corrected chi connectivity index (χ2v) is 1.18. The Morgan fingerprint density at radius 2 is 2.43 bits per heavy atom. The first-order valence-corrected chi connectivity index (χ1v) is 1.88. The molecule has 0 atom stereocenters. The summed E-state index contributed by atoms with van der Waals surface area (Å²) in [6, 6.07) is 0. The average molecular weight is 123 g/mol. The van der Waals surface area contributed by atoms with Gasteiger partial charge in [0.25, 0.3) is 11.7 Å². The minimum absolute atomic E-state index is 0.167. The molecule has 7 heavy (non-hydrogen) atoms. The van der Waals surface area contributed by atoms with Gasteiger partial charge in [-0.1, -0.05) is 0 Å². The second-order valence-electron chi connectivity index (χ2n) is 0.762. The first kappa shape index (κ1) is 6.43. The van der Waals surface area contributed by atoms with Gasteiger partial charge in [0.15, 0.2) is 6.61 Å². The standard InChI is InChI=1S/C3H3ClO3/c4-3(6)1-7-2-5/h2H,1H2. The molecule has 0 fully saturated rings. The second kappa shape index (κ2) is 3.61. The van der Waals surface area contributed by atoms with Gasteiger partial charge >= 0.3 is 0 Å². The summed E-state index contributed by atoms with van der Waals surface area (Å²) < 4.78 is 3.93. The molecule has 0 aliphatic carbocycles. The molecule has 40 valence electrons. The van der Waals surface area contributed by atoms with Crippen LogP contribution >= 0.6 is 11.6 Å². The Bertz CT molecular complexity index is 80.2. The maximum atomic E-state index is 9.68. The molecule has 0 saturated heterocycles. The van der Waals surface area contributed by atoms with E-state index in [1.165, 1.54) is 0 Å². The zero-order chi connectivity index (χ0) is 5.70. The van der Waals surface area contributed by atoms with Gasteiger partial charge in [-0.15, -0.1) is 0 Å². The molecule has 0 heterocycles. The molecule has 0 aliphatic rings. The van der Waals surface area contributed by atoms with Crippen molar-refractivity contribution in [3.8, 4) is 0 Å². The normalized spacial score (nSPS) is 7.57. The molecule has 0 amide bonds. The lowest BCUT2D eigenvalue weighted by Gasteiger charge is -1.84. The largest absolute Gasteiger partial charge is 0.458 e. The lowest BCUT2D eigenvalue weighted by Crippen LogP contribution is -1.98. The molecule has 4 heteroatoms. The SMILES string of the molecule is O=COCC(=O)Cl. The number of rotatable bonds is 3. The van der Waals surface area contributed by atoms with Crippen molar-refractivity contribution in [2.45, 2.75) is 0 Å². The Kier molecular flexibility index (Phi) is 3.32. The van der Waals surface area contributed by atoms with Gasteiger partial charge in [-0.25, -0.2) is 0 Å². The molecular weight excluding hydrogens is 119 g/mol. The number of carbonyl (C=O) groups excluding carboxylic acids is 2. The highest BCUT2D eigenvalue weighted by molar-refractivity contribution is 6.63. The Morgan fingerprint density at radius 1 is 1.86 bits per heavy atom. The molecular formula is C3H3ClO3. The topological polar surface area (TPSA) is 43.4 Å². The van der Waals surface area contributed by atoms with Crippen LogP contribution in [0.3, 0.4) is 0 Å². The highest BCUT2D eigenvalue weighted by Gasteiger charge is 1.90. The fourth-order valence-electron chi connectivity index (χ4n) is 0.0995. The third kappa shape index (κ3) is 5.43. The smallest absolute Gasteiger partial charge is 0.293 e. The van der Waals surface area contributed by atoms with Gasteiger partial charge in [-0.2, -0.15) is 0 Å². The van der Waals surface area contributed by atoms with Crippen LogP contribution in [0.2, 0.25) is 0 Å². The van der Waals surface area contributed by atoms with Crippen LogP contribution in [0.15, 0.2) is 0 Å². The molecule has 0 saturated carbocycles. The summed E-state index contributed by atoms with van der Waals surface area (Å²) in [5.74, 6) is 0. The highest BCUT2D eigenvalue weighted by Crippen LogP contribution is 1.77. The first-order valence-electron chi connectivity index (χ1n) is 1.51. The fourth-order valence-corrected chi connectivity index (χ4v) is 0.163. The van der Waals surface area contributed by atoms with Crippen LogP contribution in [0.5, 0.6) is 0 Å². The Labute approximate surface area is 45.2 Å². The predicted molar refractivity (Wildman–Crippen MR) is 22.9 cm³/mol. The number of halogens is 1. The molecule has 0 aromatic rings. The molecule has 3 nitrogen and oxygen atoms in total. The summed E-state index contributed by atoms with van der Waals surface area (Å²) in [4.78, 5) is 19.0. The predicted octanol–water partition coefficient (Wildman–Crippen LogP) is -0.0752. The summed E-state index contributed by atoms with van der Waals surface area (Å²) >= 11 is 4.73. The van der Waals surface area contributed by atoms with Crippen molar-refractivity contribution in [1.82, 2.24) is 0 Å². The molecule has 0 aromatic heterocycles. The van der Waals surface area contributed by atoms with Gasteiger partial charge in [-0.05, 0) is 11.6 Å². The fraction of sp³-hybridized carbons (Fsp3) is 0.333. The van der Waals surface area contributed by atoms with E-state index in [1.807, 2.05) is 0 Å². The monoisotopic (exact) mass is 122 g/mol. The van der Waals surface area contributed by atoms with Crippen LogP contribution in [0.25, 0.3) is 0 Å². The van der Waals surface area contributed by atoms with Crippen molar-refractivity contribution in [1.29, 1.82) is 0 Å². The zero-order valence-electron chi connectivity index (χ0n) is 3.39. The molecule has 0 N–H and O–H groups in total. The molecule has 0 rings (SSSR count). The third-order valence-electron chi connectivity index (χ3n) is 0.265. The van der Waals surface area contributed by atoms with Crippen molar-refractivity contribution in [2.24, 2.45) is 0 Å². The third-order valence-corrected chi connectivity index (χ3v) is 0.374. The number of hydrogen-bond donors (Lipinski definition) is 0. The van der Waals surface area contributed by atoms with E-state index in [4.69, 9.17) is 11.6 Å². The van der Waals surface area contributed by atoms with Gasteiger partial charge in [0.05, 0.1) is 0 Å². The van der Waals surface area contributed by atoms with E-state index >= 15 is 0 Å². The Hall–Kier alpha value is -0.570. The van der Waals surface area contributed by atoms with Gasteiger partial charge in [0, 0.05) is 0 Å². The minimum atomic E-state index is -0.674. The maximum Gasteiger partial charge on any atom is 0.293 e. The van der Waals surface area contributed by atoms with Crippen LogP contribution in [0.1, 0.15) is 0 Å². The van der Waals surface area contributed by atoms with Crippen molar-refractivity contribution in [3.05, 3.63) is 0 Å². The quantitative estimate of drug-likeness (QED) is 0.389. The van der Waals surface area contributed by atoms with Gasteiger partial charge in [0.1, 0.15) is 0 Å². The molecule has 0 unspecified atom stereocenters.